The van der Waals surface area contributed by atoms with Crippen LogP contribution in [0.2, 0.25) is 0 Å². The smallest absolute Gasteiger partial charge is 0.0616 e. The molecule has 0 bridgehead atoms. The van der Waals surface area contributed by atoms with Crippen molar-refractivity contribution in [2.24, 2.45) is 5.92 Å². The van der Waals surface area contributed by atoms with Crippen LogP contribution in [0.1, 0.15) is 80.0 Å². The van der Waals surface area contributed by atoms with Crippen molar-refractivity contribution in [1.82, 2.24) is 4.57 Å². The highest BCUT2D eigenvalue weighted by molar-refractivity contribution is 6.10. The lowest BCUT2D eigenvalue weighted by molar-refractivity contribution is 0.394. The van der Waals surface area contributed by atoms with Gasteiger partial charge in [-0.1, -0.05) is 149 Å². The van der Waals surface area contributed by atoms with Gasteiger partial charge in [0.05, 0.1) is 17.2 Å². The van der Waals surface area contributed by atoms with Crippen molar-refractivity contribution in [3.8, 4) is 5.69 Å². The molecule has 54 heavy (non-hydrogen) atoms. The van der Waals surface area contributed by atoms with Crippen LogP contribution in [0.3, 0.4) is 0 Å². The van der Waals surface area contributed by atoms with Gasteiger partial charge in [0.15, 0.2) is 0 Å². The Kier molecular flexibility index (Phi) is 6.76. The second-order valence-corrected chi connectivity index (χ2v) is 17.2. The number of allylic oxidation sites excluding steroid dienone is 7. The molecule has 5 aliphatic rings. The predicted molar refractivity (Wildman–Crippen MR) is 228 cm³/mol. The highest BCUT2D eigenvalue weighted by Gasteiger charge is 2.46. The first-order chi connectivity index (χ1) is 26.3. The van der Waals surface area contributed by atoms with Gasteiger partial charge in [0, 0.05) is 50.3 Å². The van der Waals surface area contributed by atoms with E-state index in [-0.39, 0.29) is 16.9 Å². The summed E-state index contributed by atoms with van der Waals surface area (Å²) in [6.07, 6.45) is 22.1. The van der Waals surface area contributed by atoms with Crippen molar-refractivity contribution in [3.05, 3.63) is 185 Å². The van der Waals surface area contributed by atoms with E-state index in [1.54, 1.807) is 0 Å². The van der Waals surface area contributed by atoms with Gasteiger partial charge < -0.3 is 9.47 Å². The standard InChI is InChI=1S/C52H46N2/c1-51(2)43-21-12-10-19-38(43)39-29-26-35(31-45(39)51)53(34-16-6-5-7-17-34)36-27-30-42-46(32-36)52(3,4)44-22-14-24-48(49(42)44)54-47-23-13-11-20-40(47)41-28-25-33-15-8-9-18-37(33)50(41)54/h5-12,14-22,24-31,36,38,43H,13,23,32H2,1-4H3. The molecule has 1 heterocycles. The summed E-state index contributed by atoms with van der Waals surface area (Å²) in [5.74, 6) is 0.940. The van der Waals surface area contributed by atoms with E-state index in [2.05, 4.69) is 189 Å². The van der Waals surface area contributed by atoms with E-state index in [1.807, 2.05) is 0 Å². The maximum atomic E-state index is 2.64. The fourth-order valence-corrected chi connectivity index (χ4v) is 11.1. The predicted octanol–water partition coefficient (Wildman–Crippen LogP) is 13.1. The summed E-state index contributed by atoms with van der Waals surface area (Å²) < 4.78 is 2.64. The fraction of sp³-hybridized carbons (Fsp3) is 0.231. The molecule has 0 spiro atoms. The molecule has 0 N–H and O–H groups in total. The summed E-state index contributed by atoms with van der Waals surface area (Å²) >= 11 is 0. The van der Waals surface area contributed by atoms with E-state index < -0.39 is 0 Å². The largest absolute Gasteiger partial charge is 0.334 e. The minimum atomic E-state index is -0.106. The van der Waals surface area contributed by atoms with Gasteiger partial charge in [-0.25, -0.2) is 0 Å². The summed E-state index contributed by atoms with van der Waals surface area (Å²) in [7, 11) is 0. The van der Waals surface area contributed by atoms with Crippen LogP contribution in [-0.4, -0.2) is 10.6 Å². The zero-order valence-corrected chi connectivity index (χ0v) is 31.7. The molecule has 264 valence electrons. The Morgan fingerprint density at radius 1 is 0.704 bits per heavy atom. The Balaban J connectivity index is 1.06. The molecule has 6 aromatic rings. The monoisotopic (exact) mass is 698 g/mol. The van der Waals surface area contributed by atoms with Crippen molar-refractivity contribution < 1.29 is 0 Å². The Hall–Kier alpha value is -5.60. The van der Waals surface area contributed by atoms with Crippen molar-refractivity contribution in [3.63, 3.8) is 0 Å². The molecule has 2 nitrogen and oxygen atoms in total. The summed E-state index contributed by atoms with van der Waals surface area (Å²) in [5.41, 5.74) is 16.7. The van der Waals surface area contributed by atoms with E-state index in [4.69, 9.17) is 0 Å². The normalized spacial score (nSPS) is 22.3. The minimum Gasteiger partial charge on any atom is -0.334 e. The van der Waals surface area contributed by atoms with Crippen LogP contribution in [-0.2, 0) is 17.3 Å². The van der Waals surface area contributed by atoms with Crippen LogP contribution < -0.4 is 4.90 Å². The third-order valence-electron chi connectivity index (χ3n) is 13.7. The van der Waals surface area contributed by atoms with Crippen LogP contribution in [0.5, 0.6) is 0 Å². The molecule has 5 aromatic carbocycles. The number of para-hydroxylation sites is 1. The van der Waals surface area contributed by atoms with Crippen LogP contribution in [0, 0.1) is 5.92 Å². The van der Waals surface area contributed by atoms with Gasteiger partial charge in [0.25, 0.3) is 0 Å². The summed E-state index contributed by atoms with van der Waals surface area (Å²) in [4.78, 5) is 2.61. The number of anilines is 2. The lowest BCUT2D eigenvalue weighted by atomic mass is 9.74. The second-order valence-electron chi connectivity index (χ2n) is 17.2. The van der Waals surface area contributed by atoms with Crippen LogP contribution >= 0.6 is 0 Å². The molecule has 2 heteroatoms. The molecule has 0 aliphatic heterocycles. The molecular weight excluding hydrogens is 653 g/mol. The fourth-order valence-electron chi connectivity index (χ4n) is 11.1. The van der Waals surface area contributed by atoms with E-state index in [1.165, 1.54) is 83.4 Å². The highest BCUT2D eigenvalue weighted by Crippen LogP contribution is 2.56. The number of aromatic nitrogens is 1. The zero-order valence-electron chi connectivity index (χ0n) is 31.7. The minimum absolute atomic E-state index is 0.0617. The van der Waals surface area contributed by atoms with E-state index >= 15 is 0 Å². The average Bonchev–Trinajstić information content (AvgIpc) is 3.76. The maximum absolute atomic E-state index is 2.64. The lowest BCUT2D eigenvalue weighted by Gasteiger charge is -2.37. The Morgan fingerprint density at radius 3 is 2.43 bits per heavy atom. The lowest BCUT2D eigenvalue weighted by Crippen LogP contribution is -2.33. The van der Waals surface area contributed by atoms with Gasteiger partial charge in [0.1, 0.15) is 0 Å². The van der Waals surface area contributed by atoms with Crippen molar-refractivity contribution in [1.29, 1.82) is 0 Å². The van der Waals surface area contributed by atoms with E-state index in [0.717, 1.165) is 19.3 Å². The molecule has 0 amide bonds. The Bertz CT molecular complexity index is 2710. The first-order valence-corrected chi connectivity index (χ1v) is 19.9. The second kappa shape index (κ2) is 11.5. The third kappa shape index (κ3) is 4.34. The SMILES string of the molecule is CC1(C)C2=C(C=CC(N(c3ccccc3)c3ccc4c(c3)C(C)(C)C3C=CC=CC43)C2)c2c(-n3c4c(c5ccc6ccccc6c53)C=CCC4)cccc21. The third-order valence-corrected chi connectivity index (χ3v) is 13.7. The summed E-state index contributed by atoms with van der Waals surface area (Å²) in [6, 6.07) is 39.3. The van der Waals surface area contributed by atoms with Gasteiger partial charge in [-0.15, -0.1) is 0 Å². The molecule has 0 fully saturated rings. The van der Waals surface area contributed by atoms with Gasteiger partial charge in [-0.2, -0.15) is 0 Å². The van der Waals surface area contributed by atoms with E-state index in [0.29, 0.717) is 11.8 Å². The average molecular weight is 699 g/mol. The van der Waals surface area contributed by atoms with Crippen LogP contribution in [0.15, 0.2) is 151 Å². The number of benzene rings is 5. The van der Waals surface area contributed by atoms with Crippen molar-refractivity contribution >= 4 is 44.7 Å². The Morgan fingerprint density at radius 2 is 1.54 bits per heavy atom. The molecule has 0 saturated carbocycles. The molecule has 3 atom stereocenters. The molecule has 3 unspecified atom stereocenters. The highest BCUT2D eigenvalue weighted by atomic mass is 15.2. The quantitative estimate of drug-likeness (QED) is 0.178. The molecule has 11 rings (SSSR count). The van der Waals surface area contributed by atoms with E-state index in [9.17, 15) is 0 Å². The van der Waals surface area contributed by atoms with Crippen LogP contribution in [0.25, 0.3) is 39.0 Å². The topological polar surface area (TPSA) is 8.17 Å². The number of fused-ring (bicyclic) bond motifs is 10. The molecule has 0 saturated heterocycles. The first-order valence-electron chi connectivity index (χ1n) is 19.9. The molecular formula is C52H46N2. The van der Waals surface area contributed by atoms with Crippen molar-refractivity contribution in [2.75, 3.05) is 4.90 Å². The molecule has 5 aliphatic carbocycles. The summed E-state index contributed by atoms with van der Waals surface area (Å²) in [5, 5.41) is 3.97. The zero-order chi connectivity index (χ0) is 36.3. The number of nitrogens with zero attached hydrogens (tertiary/aromatic N) is 2. The summed E-state index contributed by atoms with van der Waals surface area (Å²) in [6.45, 7) is 9.80. The molecule has 1 aromatic heterocycles. The Labute approximate surface area is 319 Å². The van der Waals surface area contributed by atoms with Gasteiger partial charge in [-0.05, 0) is 94.1 Å². The number of rotatable bonds is 4. The van der Waals surface area contributed by atoms with Crippen LogP contribution in [0.4, 0.5) is 11.4 Å². The van der Waals surface area contributed by atoms with Gasteiger partial charge in [0.2, 0.25) is 0 Å². The first kappa shape index (κ1) is 31.9. The number of hydrogen-bond acceptors (Lipinski definition) is 1. The van der Waals surface area contributed by atoms with Gasteiger partial charge >= 0.3 is 0 Å². The maximum Gasteiger partial charge on any atom is 0.0616 e. The van der Waals surface area contributed by atoms with Gasteiger partial charge in [-0.3, -0.25) is 0 Å². The van der Waals surface area contributed by atoms with Crippen molar-refractivity contribution in [2.45, 2.75) is 69.7 Å². The number of hydrogen-bond donors (Lipinski definition) is 0. The molecule has 0 radical (unpaired) electrons.